The van der Waals surface area contributed by atoms with Gasteiger partial charge in [-0.05, 0) is 40.0 Å². The second kappa shape index (κ2) is 7.20. The molecule has 1 aliphatic rings. The Morgan fingerprint density at radius 2 is 1.83 bits per heavy atom. The molecule has 104 valence electrons. The fourth-order valence-corrected chi connectivity index (χ4v) is 2.02. The molecular weight excluding hydrogens is 230 g/mol. The zero-order valence-corrected chi connectivity index (χ0v) is 11.6. The van der Waals surface area contributed by atoms with E-state index in [-0.39, 0.29) is 11.9 Å². The van der Waals surface area contributed by atoms with Gasteiger partial charge < -0.3 is 10.2 Å². The second-order valence-electron chi connectivity index (χ2n) is 4.98. The Labute approximate surface area is 109 Å². The summed E-state index contributed by atoms with van der Waals surface area (Å²) in [5.41, 5.74) is 2.49. The Balaban J connectivity index is 2.58. The molecule has 1 atom stereocenters. The fraction of sp³-hybridized carbons (Fsp3) is 0.833. The van der Waals surface area contributed by atoms with Gasteiger partial charge in [-0.15, -0.1) is 0 Å². The Morgan fingerprint density at radius 3 is 2.33 bits per heavy atom. The molecule has 1 amide bonds. The molecule has 1 fully saturated rings. The molecule has 6 nitrogen and oxygen atoms in total. The van der Waals surface area contributed by atoms with Crippen LogP contribution in [0.15, 0.2) is 4.99 Å². The van der Waals surface area contributed by atoms with Crippen LogP contribution < -0.4 is 16.6 Å². The van der Waals surface area contributed by atoms with Crippen LogP contribution in [0.3, 0.4) is 0 Å². The van der Waals surface area contributed by atoms with E-state index < -0.39 is 6.04 Å². The summed E-state index contributed by atoms with van der Waals surface area (Å²) in [7, 11) is 0. The number of likely N-dealkylation sites (tertiary alicyclic amines) is 1. The standard InChI is InChI=1S/C12H25N5O/c1-9(2)14-12(16-13)15-10(3)11(18)17-7-5-4-6-8-17/h9-10H,4-8,13H2,1-3H3,(H2,14,15,16). The van der Waals surface area contributed by atoms with Crippen LogP contribution in [0.25, 0.3) is 0 Å². The molecule has 6 heteroatoms. The van der Waals surface area contributed by atoms with Gasteiger partial charge in [-0.3, -0.25) is 10.2 Å². The van der Waals surface area contributed by atoms with Crippen LogP contribution in [-0.2, 0) is 4.79 Å². The van der Waals surface area contributed by atoms with E-state index in [0.717, 1.165) is 25.9 Å². The van der Waals surface area contributed by atoms with Gasteiger partial charge in [-0.1, -0.05) is 0 Å². The average molecular weight is 255 g/mol. The van der Waals surface area contributed by atoms with E-state index in [1.165, 1.54) is 6.42 Å². The summed E-state index contributed by atoms with van der Waals surface area (Å²) in [4.78, 5) is 18.3. The molecule has 0 aliphatic carbocycles. The van der Waals surface area contributed by atoms with Gasteiger partial charge >= 0.3 is 0 Å². The highest BCUT2D eigenvalue weighted by atomic mass is 16.2. The smallest absolute Gasteiger partial charge is 0.247 e. The minimum atomic E-state index is -0.402. The maximum atomic E-state index is 12.2. The molecule has 4 N–H and O–H groups in total. The number of rotatable bonds is 3. The van der Waals surface area contributed by atoms with E-state index in [1.54, 1.807) is 6.92 Å². The first-order valence-electron chi connectivity index (χ1n) is 6.64. The van der Waals surface area contributed by atoms with Gasteiger partial charge in [0.05, 0.1) is 0 Å². The van der Waals surface area contributed by atoms with E-state index >= 15 is 0 Å². The first-order valence-corrected chi connectivity index (χ1v) is 6.64. The molecule has 1 saturated heterocycles. The van der Waals surface area contributed by atoms with E-state index in [2.05, 4.69) is 15.7 Å². The predicted molar refractivity (Wildman–Crippen MR) is 72.9 cm³/mol. The Hall–Kier alpha value is -1.30. The largest absolute Gasteiger partial charge is 0.353 e. The van der Waals surface area contributed by atoms with Gasteiger partial charge in [0, 0.05) is 19.1 Å². The molecular formula is C12H25N5O. The summed E-state index contributed by atoms with van der Waals surface area (Å²) in [6, 6.07) is -0.183. The number of nitrogens with two attached hydrogens (primary N) is 1. The van der Waals surface area contributed by atoms with Crippen molar-refractivity contribution >= 4 is 11.9 Å². The third kappa shape index (κ3) is 4.52. The molecule has 18 heavy (non-hydrogen) atoms. The summed E-state index contributed by atoms with van der Waals surface area (Å²) < 4.78 is 0. The van der Waals surface area contributed by atoms with Crippen LogP contribution >= 0.6 is 0 Å². The lowest BCUT2D eigenvalue weighted by Gasteiger charge is -2.28. The van der Waals surface area contributed by atoms with Crippen LogP contribution in [0.2, 0.25) is 0 Å². The number of hydrogen-bond donors (Lipinski definition) is 3. The summed E-state index contributed by atoms with van der Waals surface area (Å²) in [6.07, 6.45) is 3.40. The van der Waals surface area contributed by atoms with Crippen LogP contribution in [0.4, 0.5) is 0 Å². The molecule has 0 aromatic rings. The van der Waals surface area contributed by atoms with Crippen molar-refractivity contribution in [3.8, 4) is 0 Å². The lowest BCUT2D eigenvalue weighted by Crippen LogP contribution is -2.47. The summed E-state index contributed by atoms with van der Waals surface area (Å²) >= 11 is 0. The number of amides is 1. The highest BCUT2D eigenvalue weighted by Crippen LogP contribution is 2.10. The van der Waals surface area contributed by atoms with Crippen LogP contribution in [-0.4, -0.2) is 41.9 Å². The van der Waals surface area contributed by atoms with Crippen molar-refractivity contribution in [2.75, 3.05) is 13.1 Å². The first-order chi connectivity index (χ1) is 8.54. The summed E-state index contributed by atoms with van der Waals surface area (Å²) in [6.45, 7) is 7.48. The minimum Gasteiger partial charge on any atom is -0.353 e. The van der Waals surface area contributed by atoms with Gasteiger partial charge in [-0.25, -0.2) is 10.8 Å². The fourth-order valence-electron chi connectivity index (χ4n) is 2.02. The number of aliphatic imine (C=N–C) groups is 1. The molecule has 0 spiro atoms. The number of carbonyl (C=O) groups excluding carboxylic acids is 1. The average Bonchev–Trinajstić information content (AvgIpc) is 2.37. The quantitative estimate of drug-likeness (QED) is 0.291. The highest BCUT2D eigenvalue weighted by Gasteiger charge is 2.22. The third-order valence-corrected chi connectivity index (χ3v) is 2.91. The molecule has 1 rings (SSSR count). The van der Waals surface area contributed by atoms with Crippen molar-refractivity contribution < 1.29 is 4.79 Å². The van der Waals surface area contributed by atoms with Gasteiger partial charge in [-0.2, -0.15) is 0 Å². The number of piperidine rings is 1. The monoisotopic (exact) mass is 255 g/mol. The molecule has 1 aliphatic heterocycles. The summed E-state index contributed by atoms with van der Waals surface area (Å²) in [5.74, 6) is 5.92. The number of nitrogens with one attached hydrogen (secondary N) is 2. The number of hydrogen-bond acceptors (Lipinski definition) is 3. The van der Waals surface area contributed by atoms with Crippen molar-refractivity contribution in [1.29, 1.82) is 0 Å². The van der Waals surface area contributed by atoms with Crippen LogP contribution in [0, 0.1) is 0 Å². The molecule has 1 unspecified atom stereocenters. The Kier molecular flexibility index (Phi) is 5.91. The van der Waals surface area contributed by atoms with Crippen molar-refractivity contribution in [1.82, 2.24) is 15.6 Å². The van der Waals surface area contributed by atoms with Crippen molar-refractivity contribution in [3.63, 3.8) is 0 Å². The zero-order chi connectivity index (χ0) is 13.5. The minimum absolute atomic E-state index is 0.0769. The SMILES string of the molecule is CC(C)NC(=NC(C)C(=O)N1CCCCC1)NN. The number of nitrogens with zero attached hydrogens (tertiary/aromatic N) is 2. The van der Waals surface area contributed by atoms with Gasteiger partial charge in [0.15, 0.2) is 0 Å². The molecule has 0 radical (unpaired) electrons. The maximum absolute atomic E-state index is 12.2. The molecule has 0 aromatic carbocycles. The zero-order valence-electron chi connectivity index (χ0n) is 11.6. The molecule has 0 aromatic heterocycles. The molecule has 1 heterocycles. The first kappa shape index (κ1) is 14.8. The van der Waals surface area contributed by atoms with Crippen LogP contribution in [0.1, 0.15) is 40.0 Å². The lowest BCUT2D eigenvalue weighted by atomic mass is 10.1. The Morgan fingerprint density at radius 1 is 1.22 bits per heavy atom. The van der Waals surface area contributed by atoms with E-state index in [1.807, 2.05) is 18.7 Å². The normalized spacial score (nSPS) is 18.7. The van der Waals surface area contributed by atoms with Crippen molar-refractivity contribution in [2.45, 2.75) is 52.1 Å². The van der Waals surface area contributed by atoms with Crippen LogP contribution in [0.5, 0.6) is 0 Å². The molecule has 0 saturated carbocycles. The van der Waals surface area contributed by atoms with Crippen molar-refractivity contribution in [2.24, 2.45) is 10.8 Å². The van der Waals surface area contributed by atoms with Gasteiger partial charge in [0.1, 0.15) is 6.04 Å². The summed E-state index contributed by atoms with van der Waals surface area (Å²) in [5, 5.41) is 3.06. The maximum Gasteiger partial charge on any atom is 0.247 e. The Bertz CT molecular complexity index is 297. The lowest BCUT2D eigenvalue weighted by molar-refractivity contribution is -0.133. The van der Waals surface area contributed by atoms with Gasteiger partial charge in [0.25, 0.3) is 0 Å². The highest BCUT2D eigenvalue weighted by molar-refractivity contribution is 5.87. The third-order valence-electron chi connectivity index (χ3n) is 2.91. The van der Waals surface area contributed by atoms with E-state index in [4.69, 9.17) is 5.84 Å². The molecule has 0 bridgehead atoms. The number of guanidine groups is 1. The van der Waals surface area contributed by atoms with Gasteiger partial charge in [0.2, 0.25) is 11.9 Å². The predicted octanol–water partition coefficient (Wildman–Crippen LogP) is 0.205. The second-order valence-corrected chi connectivity index (χ2v) is 4.98. The van der Waals surface area contributed by atoms with E-state index in [0.29, 0.717) is 5.96 Å². The number of hydrazine groups is 1. The van der Waals surface area contributed by atoms with Crippen molar-refractivity contribution in [3.05, 3.63) is 0 Å². The number of carbonyl (C=O) groups is 1. The topological polar surface area (TPSA) is 82.8 Å². The van der Waals surface area contributed by atoms with E-state index in [9.17, 15) is 4.79 Å².